The molecule has 0 amide bonds. The Morgan fingerprint density at radius 1 is 1.11 bits per heavy atom. The van der Waals surface area contributed by atoms with Crippen LogP contribution in [0.15, 0.2) is 66.3 Å². The number of carbonyl (C=O) groups excluding carboxylic acids is 1. The van der Waals surface area contributed by atoms with Crippen molar-refractivity contribution in [3.05, 3.63) is 71.8 Å². The van der Waals surface area contributed by atoms with Gasteiger partial charge in [-0.2, -0.15) is 0 Å². The van der Waals surface area contributed by atoms with Crippen LogP contribution in [-0.4, -0.2) is 11.8 Å². The van der Waals surface area contributed by atoms with E-state index >= 15 is 0 Å². The first-order valence-electron chi connectivity index (χ1n) is 10.7. The Balaban J connectivity index is 1.41. The van der Waals surface area contributed by atoms with Gasteiger partial charge in [0.15, 0.2) is 5.78 Å². The molecule has 0 bridgehead atoms. The minimum Gasteiger partial charge on any atom is -0.307 e. The molecule has 4 atom stereocenters. The van der Waals surface area contributed by atoms with Crippen LogP contribution in [0.1, 0.15) is 57.6 Å². The van der Waals surface area contributed by atoms with E-state index in [9.17, 15) is 4.79 Å². The highest BCUT2D eigenvalue weighted by Gasteiger charge is 2.28. The maximum absolute atomic E-state index is 11.6. The van der Waals surface area contributed by atoms with Gasteiger partial charge in [-0.05, 0) is 67.7 Å². The smallest absolute Gasteiger partial charge is 0.159 e. The molecule has 2 heteroatoms. The molecule has 2 aliphatic rings. The molecular formula is C26H31NO. The number of Topliss-reactive ketones (excluding diaryl/α,β-unsaturated/α-hetero) is 1. The first-order chi connectivity index (χ1) is 13.6. The standard InChI is InChI=1S/C26H31NO/c1-18(25-12-6-8-22-7-3-4-11-26(22)25)27-24-10-5-9-23(17-24)21-15-13-20(14-16-21)19(2)28/h3-4,6-8,11-15,18,21,23-24,27H,5,9-10,16-17H2,1-2H3/t18-,21?,23+,24+/m1/s1. The molecule has 0 aliphatic heterocycles. The molecule has 1 fully saturated rings. The van der Waals surface area contributed by atoms with Gasteiger partial charge < -0.3 is 5.32 Å². The zero-order valence-electron chi connectivity index (χ0n) is 17.0. The predicted octanol–water partition coefficient (Wildman–Crippen LogP) is 6.14. The Hall–Kier alpha value is -2.19. The van der Waals surface area contributed by atoms with Gasteiger partial charge in [-0.3, -0.25) is 4.79 Å². The molecule has 1 N–H and O–H groups in total. The van der Waals surface area contributed by atoms with Crippen molar-refractivity contribution >= 4 is 16.6 Å². The summed E-state index contributed by atoms with van der Waals surface area (Å²) in [5.74, 6) is 1.48. The normalized spacial score (nSPS) is 26.1. The van der Waals surface area contributed by atoms with Crippen LogP contribution in [0, 0.1) is 11.8 Å². The van der Waals surface area contributed by atoms with Crippen molar-refractivity contribution in [1.82, 2.24) is 5.32 Å². The van der Waals surface area contributed by atoms with Crippen molar-refractivity contribution in [1.29, 1.82) is 0 Å². The minimum absolute atomic E-state index is 0.182. The summed E-state index contributed by atoms with van der Waals surface area (Å²) in [7, 11) is 0. The topological polar surface area (TPSA) is 29.1 Å². The molecule has 0 radical (unpaired) electrons. The molecule has 146 valence electrons. The van der Waals surface area contributed by atoms with Gasteiger partial charge in [0.05, 0.1) is 0 Å². The van der Waals surface area contributed by atoms with Gasteiger partial charge in [0.2, 0.25) is 0 Å². The number of benzene rings is 2. The van der Waals surface area contributed by atoms with Gasteiger partial charge in [0, 0.05) is 17.7 Å². The van der Waals surface area contributed by atoms with Crippen molar-refractivity contribution in [2.24, 2.45) is 11.8 Å². The van der Waals surface area contributed by atoms with E-state index in [1.807, 2.05) is 6.08 Å². The third kappa shape index (κ3) is 4.12. The Labute approximate surface area is 168 Å². The molecule has 0 saturated heterocycles. The number of allylic oxidation sites excluding steroid dienone is 4. The molecule has 2 aromatic carbocycles. The minimum atomic E-state index is 0.182. The highest BCUT2D eigenvalue weighted by atomic mass is 16.1. The van der Waals surface area contributed by atoms with Gasteiger partial charge in [-0.1, -0.05) is 67.1 Å². The highest BCUT2D eigenvalue weighted by Crippen LogP contribution is 2.36. The lowest BCUT2D eigenvalue weighted by Gasteiger charge is -2.36. The molecule has 2 nitrogen and oxygen atoms in total. The monoisotopic (exact) mass is 373 g/mol. The molecule has 1 saturated carbocycles. The fraction of sp³-hybridized carbons (Fsp3) is 0.423. The van der Waals surface area contributed by atoms with Crippen molar-refractivity contribution in [3.63, 3.8) is 0 Å². The molecule has 2 aliphatic carbocycles. The lowest BCUT2D eigenvalue weighted by Crippen LogP contribution is -2.37. The molecule has 0 heterocycles. The Morgan fingerprint density at radius 3 is 2.71 bits per heavy atom. The van der Waals surface area contributed by atoms with Gasteiger partial charge in [-0.15, -0.1) is 0 Å². The van der Waals surface area contributed by atoms with Crippen molar-refractivity contribution in [3.8, 4) is 0 Å². The molecule has 0 aromatic heterocycles. The molecule has 0 spiro atoms. The Bertz CT molecular complexity index is 904. The van der Waals surface area contributed by atoms with Crippen LogP contribution >= 0.6 is 0 Å². The number of ketones is 1. The number of rotatable bonds is 5. The average molecular weight is 374 g/mol. The summed E-state index contributed by atoms with van der Waals surface area (Å²) < 4.78 is 0. The average Bonchev–Trinajstić information content (AvgIpc) is 2.73. The number of fused-ring (bicyclic) bond motifs is 1. The van der Waals surface area contributed by atoms with Gasteiger partial charge in [0.25, 0.3) is 0 Å². The number of carbonyl (C=O) groups is 1. The zero-order valence-corrected chi connectivity index (χ0v) is 17.0. The third-order valence-electron chi connectivity index (χ3n) is 6.64. The molecule has 1 unspecified atom stereocenters. The SMILES string of the molecule is CC(=O)C1=CCC([C@H]2CCC[C@H](N[C@H](C)c3cccc4ccccc34)C2)C=C1. The number of hydrogen-bond acceptors (Lipinski definition) is 2. The van der Waals surface area contributed by atoms with Crippen LogP contribution in [-0.2, 0) is 4.79 Å². The Kier molecular flexibility index (Phi) is 5.77. The van der Waals surface area contributed by atoms with Crippen LogP contribution < -0.4 is 5.32 Å². The predicted molar refractivity (Wildman–Crippen MR) is 117 cm³/mol. The van der Waals surface area contributed by atoms with Crippen molar-refractivity contribution in [2.45, 2.75) is 58.0 Å². The van der Waals surface area contributed by atoms with E-state index < -0.39 is 0 Å². The second-order valence-corrected chi connectivity index (χ2v) is 8.55. The first kappa shape index (κ1) is 19.1. The fourth-order valence-electron chi connectivity index (χ4n) is 5.09. The molecule has 2 aromatic rings. The van der Waals surface area contributed by atoms with E-state index in [1.165, 1.54) is 42.0 Å². The van der Waals surface area contributed by atoms with Crippen LogP contribution in [0.5, 0.6) is 0 Å². The van der Waals surface area contributed by atoms with E-state index in [2.05, 4.69) is 66.9 Å². The summed E-state index contributed by atoms with van der Waals surface area (Å²) in [5.41, 5.74) is 2.28. The van der Waals surface area contributed by atoms with E-state index in [0.717, 1.165) is 12.0 Å². The lowest BCUT2D eigenvalue weighted by atomic mass is 9.74. The summed E-state index contributed by atoms with van der Waals surface area (Å²) in [5, 5.41) is 6.60. The van der Waals surface area contributed by atoms with Gasteiger partial charge in [0.1, 0.15) is 0 Å². The van der Waals surface area contributed by atoms with Crippen LogP contribution in [0.2, 0.25) is 0 Å². The maximum Gasteiger partial charge on any atom is 0.159 e. The summed E-state index contributed by atoms with van der Waals surface area (Å²) in [6.07, 6.45) is 12.6. The molecule has 4 rings (SSSR count). The van der Waals surface area contributed by atoms with E-state index in [1.54, 1.807) is 6.92 Å². The van der Waals surface area contributed by atoms with Gasteiger partial charge in [-0.25, -0.2) is 0 Å². The number of nitrogens with one attached hydrogen (secondary N) is 1. The van der Waals surface area contributed by atoms with Crippen molar-refractivity contribution < 1.29 is 4.79 Å². The van der Waals surface area contributed by atoms with Crippen LogP contribution in [0.4, 0.5) is 0 Å². The quantitative estimate of drug-likeness (QED) is 0.682. The van der Waals surface area contributed by atoms with E-state index in [-0.39, 0.29) is 5.78 Å². The van der Waals surface area contributed by atoms with Gasteiger partial charge >= 0.3 is 0 Å². The highest BCUT2D eigenvalue weighted by molar-refractivity contribution is 5.96. The number of hydrogen-bond donors (Lipinski definition) is 1. The summed E-state index contributed by atoms with van der Waals surface area (Å²) >= 11 is 0. The first-order valence-corrected chi connectivity index (χ1v) is 10.7. The van der Waals surface area contributed by atoms with Crippen LogP contribution in [0.3, 0.4) is 0 Å². The summed E-state index contributed by atoms with van der Waals surface area (Å²) in [6, 6.07) is 16.2. The fourth-order valence-corrected chi connectivity index (χ4v) is 5.09. The molecular weight excluding hydrogens is 342 g/mol. The summed E-state index contributed by atoms with van der Waals surface area (Å²) in [4.78, 5) is 11.6. The molecule has 28 heavy (non-hydrogen) atoms. The zero-order chi connectivity index (χ0) is 19.5. The largest absolute Gasteiger partial charge is 0.307 e. The maximum atomic E-state index is 11.6. The van der Waals surface area contributed by atoms with E-state index in [0.29, 0.717) is 23.9 Å². The van der Waals surface area contributed by atoms with E-state index in [4.69, 9.17) is 0 Å². The second kappa shape index (κ2) is 8.45. The lowest BCUT2D eigenvalue weighted by molar-refractivity contribution is -0.113. The second-order valence-electron chi connectivity index (χ2n) is 8.55. The summed E-state index contributed by atoms with van der Waals surface area (Å²) in [6.45, 7) is 3.96. The third-order valence-corrected chi connectivity index (χ3v) is 6.64. The Morgan fingerprint density at radius 2 is 1.93 bits per heavy atom. The van der Waals surface area contributed by atoms with Crippen molar-refractivity contribution in [2.75, 3.05) is 0 Å². The van der Waals surface area contributed by atoms with Crippen LogP contribution in [0.25, 0.3) is 10.8 Å².